The van der Waals surface area contributed by atoms with E-state index in [0.29, 0.717) is 6.17 Å². The van der Waals surface area contributed by atoms with E-state index in [2.05, 4.69) is 29.7 Å². The highest BCUT2D eigenvalue weighted by Crippen LogP contribution is 2.00. The second kappa shape index (κ2) is 5.70. The maximum absolute atomic E-state index is 3.22. The van der Waals surface area contributed by atoms with Crippen LogP contribution in [-0.4, -0.2) is 6.17 Å². The Morgan fingerprint density at radius 2 is 1.83 bits per heavy atom. The van der Waals surface area contributed by atoms with Crippen LogP contribution in [0, 0.1) is 0 Å². The lowest BCUT2D eigenvalue weighted by Gasteiger charge is -2.09. The lowest BCUT2D eigenvalue weighted by Crippen LogP contribution is -2.30. The van der Waals surface area contributed by atoms with Gasteiger partial charge in [0.25, 0.3) is 0 Å². The number of hydrogen-bond acceptors (Lipinski definition) is 2. The largest absolute Gasteiger partial charge is 0.370 e. The molecule has 1 heterocycles. The van der Waals surface area contributed by atoms with Crippen LogP contribution < -0.4 is 10.6 Å². The Balaban J connectivity index is 1.95. The average Bonchev–Trinajstić information content (AvgIpc) is 2.57. The lowest BCUT2D eigenvalue weighted by molar-refractivity contribution is 0.532. The van der Waals surface area contributed by atoms with E-state index in [1.807, 2.05) is 12.4 Å². The third-order valence-corrected chi connectivity index (χ3v) is 1.92. The van der Waals surface area contributed by atoms with Gasteiger partial charge in [-0.25, -0.2) is 0 Å². The van der Waals surface area contributed by atoms with Gasteiger partial charge in [0.2, 0.25) is 0 Å². The zero-order valence-corrected chi connectivity index (χ0v) is 7.72. The lowest BCUT2D eigenvalue weighted by atomic mass is 10.2. The second-order valence-corrected chi connectivity index (χ2v) is 3.06. The normalized spacial score (nSPS) is 16.8. The van der Waals surface area contributed by atoms with Crippen molar-refractivity contribution in [2.75, 3.05) is 0 Å². The summed E-state index contributed by atoms with van der Waals surface area (Å²) in [5.74, 6) is 0. The topological polar surface area (TPSA) is 24.1 Å². The summed E-state index contributed by atoms with van der Waals surface area (Å²) >= 11 is 0. The molecule has 0 saturated carbocycles. The molecule has 1 aliphatic rings. The molecule has 2 N–H and O–H groups in total. The highest BCUT2D eigenvalue weighted by Gasteiger charge is 2.04. The molecule has 0 amide bonds. The van der Waals surface area contributed by atoms with Crippen molar-refractivity contribution < 1.29 is 0 Å². The van der Waals surface area contributed by atoms with Gasteiger partial charge in [-0.2, -0.15) is 0 Å². The summed E-state index contributed by atoms with van der Waals surface area (Å²) in [6.45, 7) is 2.20. The zero-order valence-electron chi connectivity index (χ0n) is 7.72. The molecule has 2 heteroatoms. The van der Waals surface area contributed by atoms with Gasteiger partial charge in [0.05, 0.1) is 6.17 Å². The molecule has 12 heavy (non-hydrogen) atoms. The van der Waals surface area contributed by atoms with E-state index in [1.165, 1.54) is 12.8 Å². The van der Waals surface area contributed by atoms with E-state index in [9.17, 15) is 0 Å². The van der Waals surface area contributed by atoms with Gasteiger partial charge in [-0.1, -0.05) is 25.5 Å². The maximum Gasteiger partial charge on any atom is 0.0958 e. The van der Waals surface area contributed by atoms with Crippen LogP contribution in [-0.2, 0) is 0 Å². The summed E-state index contributed by atoms with van der Waals surface area (Å²) in [5.41, 5.74) is 0. The quantitative estimate of drug-likeness (QED) is 0.611. The Bertz CT molecular complexity index is 153. The van der Waals surface area contributed by atoms with Gasteiger partial charge in [-0.15, -0.1) is 0 Å². The minimum atomic E-state index is 0.455. The van der Waals surface area contributed by atoms with Crippen molar-refractivity contribution in [2.24, 2.45) is 0 Å². The van der Waals surface area contributed by atoms with Crippen molar-refractivity contribution in [1.82, 2.24) is 10.6 Å². The summed E-state index contributed by atoms with van der Waals surface area (Å²) in [4.78, 5) is 0. The fraction of sp³-hybridized carbons (Fsp3) is 0.600. The highest BCUT2D eigenvalue weighted by molar-refractivity contribution is 4.92. The van der Waals surface area contributed by atoms with Crippen LogP contribution >= 0.6 is 0 Å². The van der Waals surface area contributed by atoms with Gasteiger partial charge in [0.15, 0.2) is 0 Å². The van der Waals surface area contributed by atoms with Crippen molar-refractivity contribution in [1.29, 1.82) is 0 Å². The molecule has 1 rings (SSSR count). The number of unbranched alkanes of at least 4 members (excludes halogenated alkanes) is 1. The molecule has 0 saturated heterocycles. The Labute approximate surface area is 74.7 Å². The zero-order chi connectivity index (χ0) is 8.65. The number of allylic oxidation sites excluding steroid dienone is 2. The predicted molar refractivity (Wildman–Crippen MR) is 52.5 cm³/mol. The highest BCUT2D eigenvalue weighted by atomic mass is 15.1. The van der Waals surface area contributed by atoms with E-state index >= 15 is 0 Å². The van der Waals surface area contributed by atoms with E-state index in [-0.39, 0.29) is 0 Å². The van der Waals surface area contributed by atoms with Gasteiger partial charge < -0.3 is 10.6 Å². The molecule has 0 aromatic heterocycles. The standard InChI is InChI=1S/C10H18N2/c1-2-3-4-5-6-7-10-11-8-9-12-10/h4-5,8-12H,2-3,6-7H2,1H3/b5-4+. The first-order valence-corrected chi connectivity index (χ1v) is 4.75. The minimum absolute atomic E-state index is 0.455. The molecule has 68 valence electrons. The van der Waals surface area contributed by atoms with Gasteiger partial charge >= 0.3 is 0 Å². The third-order valence-electron chi connectivity index (χ3n) is 1.92. The third kappa shape index (κ3) is 3.46. The Kier molecular flexibility index (Phi) is 4.35. The molecule has 0 radical (unpaired) electrons. The van der Waals surface area contributed by atoms with E-state index in [1.54, 1.807) is 0 Å². The van der Waals surface area contributed by atoms with E-state index in [4.69, 9.17) is 0 Å². The maximum atomic E-state index is 3.22. The van der Waals surface area contributed by atoms with E-state index < -0.39 is 0 Å². The van der Waals surface area contributed by atoms with Crippen molar-refractivity contribution in [3.63, 3.8) is 0 Å². The molecule has 0 atom stereocenters. The van der Waals surface area contributed by atoms with Crippen LogP contribution in [0.1, 0.15) is 32.6 Å². The summed E-state index contributed by atoms with van der Waals surface area (Å²) in [6.07, 6.45) is 13.7. The van der Waals surface area contributed by atoms with Crippen LogP contribution in [0.2, 0.25) is 0 Å². The van der Waals surface area contributed by atoms with Crippen LogP contribution in [0.4, 0.5) is 0 Å². The predicted octanol–water partition coefficient (Wildman–Crippen LogP) is 2.11. The molecule has 0 aliphatic carbocycles. The van der Waals surface area contributed by atoms with Crippen molar-refractivity contribution in [3.05, 3.63) is 24.6 Å². The molecular formula is C10H18N2. The van der Waals surface area contributed by atoms with Gasteiger partial charge in [-0.05, 0) is 19.3 Å². The van der Waals surface area contributed by atoms with Gasteiger partial charge in [-0.3, -0.25) is 0 Å². The first kappa shape index (κ1) is 9.17. The Hall–Kier alpha value is -0.920. The smallest absolute Gasteiger partial charge is 0.0958 e. The first-order chi connectivity index (χ1) is 5.93. The molecule has 0 aromatic carbocycles. The fourth-order valence-corrected chi connectivity index (χ4v) is 1.21. The van der Waals surface area contributed by atoms with Crippen LogP contribution in [0.25, 0.3) is 0 Å². The summed E-state index contributed by atoms with van der Waals surface area (Å²) in [5, 5.41) is 6.44. The van der Waals surface area contributed by atoms with Crippen LogP contribution in [0.3, 0.4) is 0 Å². The van der Waals surface area contributed by atoms with Gasteiger partial charge in [0.1, 0.15) is 0 Å². The molecule has 0 spiro atoms. The Morgan fingerprint density at radius 3 is 2.50 bits per heavy atom. The minimum Gasteiger partial charge on any atom is -0.370 e. The van der Waals surface area contributed by atoms with Crippen LogP contribution in [0.5, 0.6) is 0 Å². The molecule has 2 nitrogen and oxygen atoms in total. The molecule has 0 bridgehead atoms. The summed E-state index contributed by atoms with van der Waals surface area (Å²) in [6, 6.07) is 0. The Morgan fingerprint density at radius 1 is 1.17 bits per heavy atom. The molecule has 0 unspecified atom stereocenters. The SMILES string of the molecule is CCC/C=C/CCC1NC=CN1. The molecule has 0 fully saturated rings. The van der Waals surface area contributed by atoms with E-state index in [0.717, 1.165) is 12.8 Å². The molecule has 0 aromatic rings. The average molecular weight is 166 g/mol. The van der Waals surface area contributed by atoms with Crippen molar-refractivity contribution >= 4 is 0 Å². The van der Waals surface area contributed by atoms with Gasteiger partial charge in [0, 0.05) is 12.4 Å². The second-order valence-electron chi connectivity index (χ2n) is 3.06. The number of rotatable bonds is 5. The van der Waals surface area contributed by atoms with Crippen LogP contribution in [0.15, 0.2) is 24.6 Å². The summed E-state index contributed by atoms with van der Waals surface area (Å²) in [7, 11) is 0. The monoisotopic (exact) mass is 166 g/mol. The summed E-state index contributed by atoms with van der Waals surface area (Å²) < 4.78 is 0. The van der Waals surface area contributed by atoms with Crippen molar-refractivity contribution in [2.45, 2.75) is 38.8 Å². The molecule has 1 aliphatic heterocycles. The fourth-order valence-electron chi connectivity index (χ4n) is 1.21. The van der Waals surface area contributed by atoms with Crippen molar-refractivity contribution in [3.8, 4) is 0 Å². The first-order valence-electron chi connectivity index (χ1n) is 4.75. The number of hydrogen-bond donors (Lipinski definition) is 2. The molecular weight excluding hydrogens is 148 g/mol. The number of nitrogens with one attached hydrogen (secondary N) is 2.